The van der Waals surface area contributed by atoms with Gasteiger partial charge < -0.3 is 19.9 Å². The summed E-state index contributed by atoms with van der Waals surface area (Å²) in [5, 5.41) is 13.5. The minimum absolute atomic E-state index is 0.0381. The van der Waals surface area contributed by atoms with E-state index in [-0.39, 0.29) is 12.2 Å². The molecule has 0 aromatic carbocycles. The Bertz CT molecular complexity index is 1080. The standard InChI is InChI=1S/C28H37FN4O4/c29-20-16-23(25(31-17-20)24-8-2-4-15-37-24)26(28(34)35)33-13-11-22(18-33)36-14-3-1-7-21-10-9-19-6-5-12-30-27(19)32-21/h9-10,16-17,22,24,26H,1-8,11-15,18H2,(H,30,32)(H,34,35)/t22-,24+,26-/m1/s1. The fraction of sp³-hybridized carbons (Fsp3) is 0.607. The van der Waals surface area contributed by atoms with Gasteiger partial charge >= 0.3 is 5.97 Å². The van der Waals surface area contributed by atoms with Gasteiger partial charge in [-0.15, -0.1) is 0 Å². The lowest BCUT2D eigenvalue weighted by molar-refractivity contribution is -0.143. The molecule has 0 aliphatic carbocycles. The van der Waals surface area contributed by atoms with E-state index in [1.807, 2.05) is 4.90 Å². The minimum Gasteiger partial charge on any atom is -0.480 e. The minimum atomic E-state index is -1.00. The molecule has 0 amide bonds. The summed E-state index contributed by atoms with van der Waals surface area (Å²) in [6, 6.07) is 4.66. The molecule has 200 valence electrons. The van der Waals surface area contributed by atoms with Crippen molar-refractivity contribution >= 4 is 11.8 Å². The highest BCUT2D eigenvalue weighted by Crippen LogP contribution is 2.35. The zero-order chi connectivity index (χ0) is 25.6. The summed E-state index contributed by atoms with van der Waals surface area (Å²) < 4.78 is 26.2. The predicted octanol–water partition coefficient (Wildman–Crippen LogP) is 4.45. The van der Waals surface area contributed by atoms with Crippen molar-refractivity contribution in [3.63, 3.8) is 0 Å². The lowest BCUT2D eigenvalue weighted by Crippen LogP contribution is -2.35. The van der Waals surface area contributed by atoms with Crippen molar-refractivity contribution in [2.75, 3.05) is 38.2 Å². The Labute approximate surface area is 217 Å². The van der Waals surface area contributed by atoms with Gasteiger partial charge in [-0.05, 0) is 75.5 Å². The first kappa shape index (κ1) is 26.0. The number of hydrogen-bond donors (Lipinski definition) is 2. The maximum atomic E-state index is 14.2. The van der Waals surface area contributed by atoms with Crippen LogP contribution in [0.3, 0.4) is 0 Å². The number of anilines is 1. The zero-order valence-corrected chi connectivity index (χ0v) is 21.3. The van der Waals surface area contributed by atoms with Crippen LogP contribution in [0, 0.1) is 5.82 Å². The van der Waals surface area contributed by atoms with Gasteiger partial charge in [-0.2, -0.15) is 0 Å². The first-order valence-corrected chi connectivity index (χ1v) is 13.7. The molecular formula is C28H37FN4O4. The fourth-order valence-electron chi connectivity index (χ4n) is 5.69. The number of aryl methyl sites for hydroxylation is 2. The van der Waals surface area contributed by atoms with Crippen molar-refractivity contribution in [1.29, 1.82) is 0 Å². The summed E-state index contributed by atoms with van der Waals surface area (Å²) in [7, 11) is 0. The quantitative estimate of drug-likeness (QED) is 0.451. The number of carboxylic acids is 1. The zero-order valence-electron chi connectivity index (χ0n) is 21.3. The molecule has 37 heavy (non-hydrogen) atoms. The van der Waals surface area contributed by atoms with Gasteiger partial charge in [0.25, 0.3) is 0 Å². The van der Waals surface area contributed by atoms with Gasteiger partial charge in [-0.1, -0.05) is 6.07 Å². The average molecular weight is 513 g/mol. The van der Waals surface area contributed by atoms with E-state index in [1.165, 1.54) is 11.6 Å². The number of rotatable bonds is 10. The Morgan fingerprint density at radius 2 is 2.19 bits per heavy atom. The largest absolute Gasteiger partial charge is 0.480 e. The van der Waals surface area contributed by atoms with Gasteiger partial charge in [0.2, 0.25) is 0 Å². The van der Waals surface area contributed by atoms with Crippen LogP contribution in [0.4, 0.5) is 10.2 Å². The number of halogens is 1. The summed E-state index contributed by atoms with van der Waals surface area (Å²) in [6.45, 7) is 3.30. The van der Waals surface area contributed by atoms with E-state index in [9.17, 15) is 14.3 Å². The second kappa shape index (κ2) is 12.3. The molecule has 0 saturated carbocycles. The summed E-state index contributed by atoms with van der Waals surface area (Å²) in [5.41, 5.74) is 3.35. The maximum Gasteiger partial charge on any atom is 0.325 e. The third kappa shape index (κ3) is 6.45. The van der Waals surface area contributed by atoms with Crippen molar-refractivity contribution in [2.45, 2.75) is 76.0 Å². The SMILES string of the molecule is O=C(O)[C@@H](c1cc(F)cnc1[C@@H]1CCCCO1)N1CC[C@@H](OCCCCc2ccc3c(n2)NCCC3)C1. The predicted molar refractivity (Wildman–Crippen MR) is 137 cm³/mol. The number of hydrogen-bond acceptors (Lipinski definition) is 7. The summed E-state index contributed by atoms with van der Waals surface area (Å²) >= 11 is 0. The van der Waals surface area contributed by atoms with E-state index in [0.29, 0.717) is 37.6 Å². The lowest BCUT2D eigenvalue weighted by Gasteiger charge is -2.29. The van der Waals surface area contributed by atoms with E-state index in [2.05, 4.69) is 22.4 Å². The van der Waals surface area contributed by atoms with Crippen LogP contribution in [0.25, 0.3) is 0 Å². The van der Waals surface area contributed by atoms with E-state index in [1.54, 1.807) is 0 Å². The molecule has 0 radical (unpaired) electrons. The van der Waals surface area contributed by atoms with Crippen molar-refractivity contribution in [2.24, 2.45) is 0 Å². The number of aromatic nitrogens is 2. The molecule has 2 N–H and O–H groups in total. The van der Waals surface area contributed by atoms with Crippen molar-refractivity contribution in [3.05, 3.63) is 52.7 Å². The van der Waals surface area contributed by atoms with Gasteiger partial charge in [-0.3, -0.25) is 14.7 Å². The summed E-state index contributed by atoms with van der Waals surface area (Å²) in [6.07, 6.45) is 9.37. The number of nitrogens with zero attached hydrogens (tertiary/aromatic N) is 3. The molecule has 9 heteroatoms. The smallest absolute Gasteiger partial charge is 0.325 e. The molecule has 0 unspecified atom stereocenters. The van der Waals surface area contributed by atoms with Crippen LogP contribution in [0.5, 0.6) is 0 Å². The topological polar surface area (TPSA) is 96.8 Å². The number of nitrogens with one attached hydrogen (secondary N) is 1. The van der Waals surface area contributed by atoms with Crippen molar-refractivity contribution in [1.82, 2.24) is 14.9 Å². The van der Waals surface area contributed by atoms with Gasteiger partial charge in [-0.25, -0.2) is 9.37 Å². The number of carboxylic acid groups (broad SMARTS) is 1. The Balaban J connectivity index is 1.13. The molecule has 2 saturated heterocycles. The van der Waals surface area contributed by atoms with E-state index in [0.717, 1.165) is 82.0 Å². The average Bonchev–Trinajstić information content (AvgIpc) is 3.37. The summed E-state index contributed by atoms with van der Waals surface area (Å²) in [5.74, 6) is -0.500. The number of carbonyl (C=O) groups is 1. The van der Waals surface area contributed by atoms with Crippen LogP contribution in [0.2, 0.25) is 0 Å². The fourth-order valence-corrected chi connectivity index (χ4v) is 5.69. The number of pyridine rings is 2. The number of aliphatic carboxylic acids is 1. The van der Waals surface area contributed by atoms with Crippen LogP contribution < -0.4 is 5.32 Å². The number of likely N-dealkylation sites (tertiary alicyclic amines) is 1. The number of ether oxygens (including phenoxy) is 2. The van der Waals surface area contributed by atoms with Gasteiger partial charge in [0.05, 0.1) is 24.1 Å². The lowest BCUT2D eigenvalue weighted by atomic mass is 9.96. The normalized spacial score (nSPS) is 22.8. The summed E-state index contributed by atoms with van der Waals surface area (Å²) in [4.78, 5) is 23.3. The van der Waals surface area contributed by atoms with Crippen molar-refractivity contribution < 1.29 is 23.8 Å². The molecule has 2 aromatic rings. The van der Waals surface area contributed by atoms with Gasteiger partial charge in [0.1, 0.15) is 17.7 Å². The molecule has 5 heterocycles. The Morgan fingerprint density at radius 1 is 1.27 bits per heavy atom. The monoisotopic (exact) mass is 512 g/mol. The molecule has 2 aromatic heterocycles. The van der Waals surface area contributed by atoms with Gasteiger partial charge in [0.15, 0.2) is 0 Å². The Hall–Kier alpha value is -2.62. The molecule has 3 aliphatic rings. The van der Waals surface area contributed by atoms with E-state index < -0.39 is 17.8 Å². The maximum absolute atomic E-state index is 14.2. The molecular weight excluding hydrogens is 475 g/mol. The van der Waals surface area contributed by atoms with Crippen LogP contribution in [-0.2, 0) is 27.1 Å². The molecule has 0 spiro atoms. The molecule has 3 atom stereocenters. The van der Waals surface area contributed by atoms with Gasteiger partial charge in [0, 0.05) is 44.1 Å². The van der Waals surface area contributed by atoms with E-state index >= 15 is 0 Å². The van der Waals surface area contributed by atoms with E-state index in [4.69, 9.17) is 14.5 Å². The molecule has 2 fully saturated rings. The molecule has 0 bridgehead atoms. The molecule has 3 aliphatic heterocycles. The van der Waals surface area contributed by atoms with Crippen molar-refractivity contribution in [3.8, 4) is 0 Å². The second-order valence-corrected chi connectivity index (χ2v) is 10.3. The number of unbranched alkanes of at least 4 members (excludes halogenated alkanes) is 1. The highest BCUT2D eigenvalue weighted by Gasteiger charge is 2.37. The van der Waals surface area contributed by atoms with Crippen LogP contribution in [0.15, 0.2) is 24.4 Å². The third-order valence-electron chi connectivity index (χ3n) is 7.60. The highest BCUT2D eigenvalue weighted by atomic mass is 19.1. The highest BCUT2D eigenvalue weighted by molar-refractivity contribution is 5.76. The first-order valence-electron chi connectivity index (χ1n) is 13.7. The Morgan fingerprint density at radius 3 is 3.03 bits per heavy atom. The van der Waals surface area contributed by atoms with Crippen LogP contribution in [-0.4, -0.2) is 64.9 Å². The Kier molecular flexibility index (Phi) is 8.63. The second-order valence-electron chi connectivity index (χ2n) is 10.3. The number of fused-ring (bicyclic) bond motifs is 1. The van der Waals surface area contributed by atoms with Crippen LogP contribution >= 0.6 is 0 Å². The molecule has 5 rings (SSSR count). The van der Waals surface area contributed by atoms with Crippen LogP contribution in [0.1, 0.15) is 79.6 Å². The third-order valence-corrected chi connectivity index (χ3v) is 7.60. The first-order chi connectivity index (χ1) is 18.1. The molecule has 8 nitrogen and oxygen atoms in total.